The maximum Gasteiger partial charge on any atom is 0.118 e. The van der Waals surface area contributed by atoms with E-state index in [4.69, 9.17) is 16.3 Å². The SMILES string of the molecule is COc1ccc(C[NH2+]CCc2cccc(Cl)c2)cc1. The van der Waals surface area contributed by atoms with Crippen molar-refractivity contribution < 1.29 is 10.1 Å². The summed E-state index contributed by atoms with van der Waals surface area (Å²) < 4.78 is 5.14. The number of methoxy groups -OCH3 is 1. The van der Waals surface area contributed by atoms with E-state index in [0.717, 1.165) is 30.3 Å². The first-order chi connectivity index (χ1) is 9.28. The first kappa shape index (κ1) is 13.9. The molecule has 2 aromatic carbocycles. The van der Waals surface area contributed by atoms with Crippen LogP contribution in [-0.2, 0) is 13.0 Å². The minimum atomic E-state index is 0.813. The van der Waals surface area contributed by atoms with E-state index in [-0.39, 0.29) is 0 Å². The van der Waals surface area contributed by atoms with Gasteiger partial charge in [0.15, 0.2) is 0 Å². The van der Waals surface area contributed by atoms with Crippen molar-refractivity contribution in [2.24, 2.45) is 0 Å². The third-order valence-electron chi connectivity index (χ3n) is 3.07. The van der Waals surface area contributed by atoms with Crippen LogP contribution in [-0.4, -0.2) is 13.7 Å². The Morgan fingerprint density at radius 2 is 1.84 bits per heavy atom. The van der Waals surface area contributed by atoms with Crippen LogP contribution in [0.1, 0.15) is 11.1 Å². The first-order valence-corrected chi connectivity index (χ1v) is 6.85. The normalized spacial score (nSPS) is 10.4. The molecule has 3 heteroatoms. The maximum absolute atomic E-state index is 5.96. The Labute approximate surface area is 119 Å². The molecule has 0 aliphatic carbocycles. The first-order valence-electron chi connectivity index (χ1n) is 6.47. The van der Waals surface area contributed by atoms with Crippen molar-refractivity contribution in [1.82, 2.24) is 0 Å². The molecular formula is C16H19ClNO+. The van der Waals surface area contributed by atoms with E-state index in [1.165, 1.54) is 11.1 Å². The van der Waals surface area contributed by atoms with Crippen LogP contribution in [0.5, 0.6) is 5.75 Å². The monoisotopic (exact) mass is 276 g/mol. The molecule has 0 saturated carbocycles. The van der Waals surface area contributed by atoms with Crippen LogP contribution in [0.25, 0.3) is 0 Å². The zero-order valence-corrected chi connectivity index (χ0v) is 11.9. The van der Waals surface area contributed by atoms with E-state index in [0.29, 0.717) is 0 Å². The van der Waals surface area contributed by atoms with Crippen molar-refractivity contribution in [2.45, 2.75) is 13.0 Å². The molecule has 0 aliphatic heterocycles. The van der Waals surface area contributed by atoms with Crippen LogP contribution in [0.15, 0.2) is 48.5 Å². The zero-order chi connectivity index (χ0) is 13.5. The molecule has 2 N–H and O–H groups in total. The van der Waals surface area contributed by atoms with Gasteiger partial charge in [0.2, 0.25) is 0 Å². The topological polar surface area (TPSA) is 25.8 Å². The molecule has 19 heavy (non-hydrogen) atoms. The Morgan fingerprint density at radius 3 is 2.53 bits per heavy atom. The van der Waals surface area contributed by atoms with Gasteiger partial charge in [-0.05, 0) is 42.0 Å². The van der Waals surface area contributed by atoms with Gasteiger partial charge in [-0.25, -0.2) is 0 Å². The molecule has 0 saturated heterocycles. The number of halogens is 1. The van der Waals surface area contributed by atoms with Crippen LogP contribution in [0.2, 0.25) is 5.02 Å². The van der Waals surface area contributed by atoms with Crippen molar-refractivity contribution in [3.63, 3.8) is 0 Å². The van der Waals surface area contributed by atoms with Gasteiger partial charge >= 0.3 is 0 Å². The summed E-state index contributed by atoms with van der Waals surface area (Å²) in [7, 11) is 1.69. The third-order valence-corrected chi connectivity index (χ3v) is 3.30. The highest BCUT2D eigenvalue weighted by atomic mass is 35.5. The molecule has 0 atom stereocenters. The van der Waals surface area contributed by atoms with E-state index >= 15 is 0 Å². The van der Waals surface area contributed by atoms with Crippen molar-refractivity contribution in [1.29, 1.82) is 0 Å². The number of hydrogen-bond donors (Lipinski definition) is 1. The van der Waals surface area contributed by atoms with Crippen LogP contribution in [0, 0.1) is 0 Å². The highest BCUT2D eigenvalue weighted by Crippen LogP contribution is 2.11. The molecule has 0 spiro atoms. The van der Waals surface area contributed by atoms with Crippen molar-refractivity contribution >= 4 is 11.6 Å². The molecule has 2 nitrogen and oxygen atoms in total. The van der Waals surface area contributed by atoms with Gasteiger partial charge in [-0.1, -0.05) is 23.7 Å². The van der Waals surface area contributed by atoms with E-state index in [1.54, 1.807) is 7.11 Å². The molecule has 2 rings (SSSR count). The number of ether oxygens (including phenoxy) is 1. The molecule has 0 unspecified atom stereocenters. The van der Waals surface area contributed by atoms with Crippen molar-refractivity contribution in [3.8, 4) is 5.75 Å². The largest absolute Gasteiger partial charge is 0.497 e. The lowest BCUT2D eigenvalue weighted by Gasteiger charge is -2.04. The predicted molar refractivity (Wildman–Crippen MR) is 78.6 cm³/mol. The molecule has 100 valence electrons. The summed E-state index contributed by atoms with van der Waals surface area (Å²) in [5.41, 5.74) is 2.60. The number of nitrogens with two attached hydrogens (primary N) is 1. The number of rotatable bonds is 6. The smallest absolute Gasteiger partial charge is 0.118 e. The fourth-order valence-electron chi connectivity index (χ4n) is 1.99. The quantitative estimate of drug-likeness (QED) is 0.807. The Balaban J connectivity index is 1.74. The second kappa shape index (κ2) is 7.17. The summed E-state index contributed by atoms with van der Waals surface area (Å²) >= 11 is 5.96. The maximum atomic E-state index is 5.96. The van der Waals surface area contributed by atoms with Crippen LogP contribution in [0.3, 0.4) is 0 Å². The Morgan fingerprint density at radius 1 is 1.05 bits per heavy atom. The van der Waals surface area contributed by atoms with E-state index in [1.807, 2.05) is 30.3 Å². The molecule has 0 aliphatic rings. The molecule has 0 bridgehead atoms. The van der Waals surface area contributed by atoms with E-state index in [9.17, 15) is 0 Å². The molecular weight excluding hydrogens is 258 g/mol. The van der Waals surface area contributed by atoms with Crippen LogP contribution < -0.4 is 10.1 Å². The fourth-order valence-corrected chi connectivity index (χ4v) is 2.20. The lowest BCUT2D eigenvalue weighted by Crippen LogP contribution is -2.83. The molecule has 0 amide bonds. The van der Waals surface area contributed by atoms with Gasteiger partial charge in [-0.15, -0.1) is 0 Å². The fraction of sp³-hybridized carbons (Fsp3) is 0.250. The van der Waals surface area contributed by atoms with Gasteiger partial charge in [0.1, 0.15) is 12.3 Å². The van der Waals surface area contributed by atoms with E-state index in [2.05, 4.69) is 23.5 Å². The summed E-state index contributed by atoms with van der Waals surface area (Å²) in [6.07, 6.45) is 1.04. The summed E-state index contributed by atoms with van der Waals surface area (Å²) in [4.78, 5) is 0. The van der Waals surface area contributed by atoms with E-state index < -0.39 is 0 Å². The van der Waals surface area contributed by atoms with Gasteiger partial charge in [-0.3, -0.25) is 0 Å². The molecule has 0 fully saturated rings. The van der Waals surface area contributed by atoms with Crippen LogP contribution >= 0.6 is 11.6 Å². The van der Waals surface area contributed by atoms with Gasteiger partial charge in [0, 0.05) is 17.0 Å². The van der Waals surface area contributed by atoms with Gasteiger partial charge in [0.05, 0.1) is 13.7 Å². The Bertz CT molecular complexity index is 510. The minimum absolute atomic E-state index is 0.813. The van der Waals surface area contributed by atoms with Crippen molar-refractivity contribution in [2.75, 3.05) is 13.7 Å². The number of benzene rings is 2. The lowest BCUT2D eigenvalue weighted by atomic mass is 10.1. The average molecular weight is 277 g/mol. The highest BCUT2D eigenvalue weighted by Gasteiger charge is 1.99. The average Bonchev–Trinajstić information content (AvgIpc) is 2.44. The predicted octanol–water partition coefficient (Wildman–Crippen LogP) is 2.65. The molecule has 0 heterocycles. The summed E-state index contributed by atoms with van der Waals surface area (Å²) in [5.74, 6) is 0.905. The minimum Gasteiger partial charge on any atom is -0.497 e. The molecule has 0 radical (unpaired) electrons. The third kappa shape index (κ3) is 4.58. The van der Waals surface area contributed by atoms with Crippen molar-refractivity contribution in [3.05, 3.63) is 64.7 Å². The Hall–Kier alpha value is -1.51. The highest BCUT2D eigenvalue weighted by molar-refractivity contribution is 6.30. The number of quaternary nitrogens is 1. The Kier molecular flexibility index (Phi) is 5.25. The second-order valence-corrected chi connectivity index (χ2v) is 4.95. The van der Waals surface area contributed by atoms with Gasteiger partial charge in [-0.2, -0.15) is 0 Å². The summed E-state index contributed by atoms with van der Waals surface area (Å²) in [6.45, 7) is 2.05. The standard InChI is InChI=1S/C16H18ClNO/c1-19-16-7-5-14(6-8-16)12-18-10-9-13-3-2-4-15(17)11-13/h2-8,11,18H,9-10,12H2,1H3/p+1. The van der Waals surface area contributed by atoms with Gasteiger partial charge in [0.25, 0.3) is 0 Å². The zero-order valence-electron chi connectivity index (χ0n) is 11.1. The molecule has 0 aromatic heterocycles. The van der Waals surface area contributed by atoms with Crippen LogP contribution in [0.4, 0.5) is 0 Å². The summed E-state index contributed by atoms with van der Waals surface area (Å²) in [6, 6.07) is 16.3. The van der Waals surface area contributed by atoms with Gasteiger partial charge < -0.3 is 10.1 Å². The number of hydrogen-bond acceptors (Lipinski definition) is 1. The molecule has 2 aromatic rings. The second-order valence-electron chi connectivity index (χ2n) is 4.51. The lowest BCUT2D eigenvalue weighted by molar-refractivity contribution is -0.670. The summed E-state index contributed by atoms with van der Waals surface area (Å²) in [5, 5.41) is 3.12.